The van der Waals surface area contributed by atoms with Gasteiger partial charge in [0.25, 0.3) is 0 Å². The molecule has 576 valence electrons. The summed E-state index contributed by atoms with van der Waals surface area (Å²) in [5.74, 6) is -0.796. The van der Waals surface area contributed by atoms with Crippen LogP contribution >= 0.6 is 7.82 Å². The molecule has 2 unspecified atom stereocenters. The van der Waals surface area contributed by atoms with Crippen LogP contribution in [0.5, 0.6) is 0 Å². The summed E-state index contributed by atoms with van der Waals surface area (Å²) in [6, 6.07) is 0. The van der Waals surface area contributed by atoms with Crippen LogP contribution in [0.1, 0.15) is 489 Å². The standard InChI is InChI=1S/C87H170NO8P/c1-3-5-7-9-11-13-15-17-19-21-23-25-27-29-31-33-35-37-39-40-41-42-43-44-46-48-50-52-54-56-58-60-62-64-66-68-70-72-74-76-78-80-87(90)96-85(84-95-97(91,92)94-82-81-88)83-93-86(89)79-77-75-73-71-69-67-65-63-61-59-57-55-53-51-49-47-45-38-36-34-32-30-28-26-24-22-20-18-16-14-12-10-8-6-4-2/h21-24,85H,3-20,25-84,88H2,1-2H3,(H,91,92)/b23-21-,24-22-. The molecule has 0 aromatic rings. The number of hydrogen-bond donors (Lipinski definition) is 2. The molecule has 9 nitrogen and oxygen atoms in total. The van der Waals surface area contributed by atoms with Crippen molar-refractivity contribution in [2.75, 3.05) is 26.4 Å². The third-order valence-corrected chi connectivity index (χ3v) is 21.3. The van der Waals surface area contributed by atoms with Crippen LogP contribution in [-0.4, -0.2) is 49.3 Å². The number of phosphoric ester groups is 1. The van der Waals surface area contributed by atoms with E-state index in [1.165, 1.54) is 424 Å². The predicted octanol–water partition coefficient (Wildman–Crippen LogP) is 29.6. The molecule has 0 aliphatic rings. The maximum Gasteiger partial charge on any atom is 0.472 e. The van der Waals surface area contributed by atoms with Crippen LogP contribution in [-0.2, 0) is 32.7 Å². The van der Waals surface area contributed by atoms with E-state index in [1.54, 1.807) is 0 Å². The number of phosphoric acid groups is 1. The molecule has 0 rings (SSSR count). The van der Waals surface area contributed by atoms with E-state index >= 15 is 0 Å². The van der Waals surface area contributed by atoms with Crippen molar-refractivity contribution in [3.05, 3.63) is 24.3 Å². The molecule has 0 spiro atoms. The predicted molar refractivity (Wildman–Crippen MR) is 423 cm³/mol. The van der Waals surface area contributed by atoms with Gasteiger partial charge in [-0.2, -0.15) is 0 Å². The van der Waals surface area contributed by atoms with Crippen molar-refractivity contribution in [1.82, 2.24) is 0 Å². The van der Waals surface area contributed by atoms with Crippen LogP contribution in [0.3, 0.4) is 0 Å². The van der Waals surface area contributed by atoms with Crippen LogP contribution in [0, 0.1) is 0 Å². The average molecular weight is 1390 g/mol. The number of carbonyl (C=O) groups is 2. The van der Waals surface area contributed by atoms with Gasteiger partial charge in [0, 0.05) is 19.4 Å². The highest BCUT2D eigenvalue weighted by atomic mass is 31.2. The van der Waals surface area contributed by atoms with Crippen LogP contribution in [0.25, 0.3) is 0 Å². The van der Waals surface area contributed by atoms with Gasteiger partial charge in [-0.1, -0.05) is 436 Å². The van der Waals surface area contributed by atoms with Crippen LogP contribution in [0.15, 0.2) is 24.3 Å². The summed E-state index contributed by atoms with van der Waals surface area (Å²) in [7, 11) is -4.39. The Hall–Kier alpha value is -1.51. The van der Waals surface area contributed by atoms with Gasteiger partial charge in [0.2, 0.25) is 0 Å². The molecule has 0 saturated carbocycles. The molecule has 0 heterocycles. The molecule has 0 radical (unpaired) electrons. The van der Waals surface area contributed by atoms with Crippen LogP contribution < -0.4 is 5.73 Å². The molecule has 97 heavy (non-hydrogen) atoms. The van der Waals surface area contributed by atoms with Gasteiger partial charge in [0.05, 0.1) is 13.2 Å². The zero-order valence-electron chi connectivity index (χ0n) is 65.4. The zero-order chi connectivity index (χ0) is 70.0. The summed E-state index contributed by atoms with van der Waals surface area (Å²) < 4.78 is 33.3. The van der Waals surface area contributed by atoms with E-state index in [0.29, 0.717) is 6.42 Å². The fourth-order valence-corrected chi connectivity index (χ4v) is 14.6. The topological polar surface area (TPSA) is 134 Å². The number of unbranched alkanes of at least 4 members (excludes halogenated alkanes) is 68. The lowest BCUT2D eigenvalue weighted by Crippen LogP contribution is -2.29. The maximum absolute atomic E-state index is 12.8. The molecule has 0 fully saturated rings. The summed E-state index contributed by atoms with van der Waals surface area (Å²) in [5, 5.41) is 0. The second kappa shape index (κ2) is 83.4. The molecule has 0 aromatic carbocycles. The van der Waals surface area contributed by atoms with Gasteiger partial charge in [0.15, 0.2) is 6.10 Å². The highest BCUT2D eigenvalue weighted by Crippen LogP contribution is 2.43. The first-order valence-electron chi connectivity index (χ1n) is 43.8. The second-order valence-electron chi connectivity index (χ2n) is 30.1. The maximum atomic E-state index is 12.8. The van der Waals surface area contributed by atoms with E-state index in [2.05, 4.69) is 38.2 Å². The molecular weight excluding hydrogens is 1220 g/mol. The minimum absolute atomic E-state index is 0.0577. The first-order valence-corrected chi connectivity index (χ1v) is 45.3. The molecule has 0 aliphatic heterocycles. The quantitative estimate of drug-likeness (QED) is 0.0264. The minimum atomic E-state index is -4.39. The summed E-state index contributed by atoms with van der Waals surface area (Å²) in [5.41, 5.74) is 5.42. The molecule has 2 atom stereocenters. The van der Waals surface area contributed by atoms with Gasteiger partial charge >= 0.3 is 19.8 Å². The van der Waals surface area contributed by atoms with Gasteiger partial charge in [-0.05, 0) is 64.2 Å². The summed E-state index contributed by atoms with van der Waals surface area (Å²) >= 11 is 0. The molecule has 0 saturated heterocycles. The van der Waals surface area contributed by atoms with Gasteiger partial charge in [0.1, 0.15) is 6.61 Å². The van der Waals surface area contributed by atoms with E-state index in [1.807, 2.05) is 0 Å². The Labute approximate surface area is 605 Å². The van der Waals surface area contributed by atoms with Gasteiger partial charge in [-0.3, -0.25) is 18.6 Å². The van der Waals surface area contributed by atoms with Crippen molar-refractivity contribution < 1.29 is 37.6 Å². The Balaban J connectivity index is 3.69. The third-order valence-electron chi connectivity index (χ3n) is 20.3. The minimum Gasteiger partial charge on any atom is -0.462 e. The third kappa shape index (κ3) is 83.3. The van der Waals surface area contributed by atoms with E-state index in [9.17, 15) is 19.0 Å². The average Bonchev–Trinajstić information content (AvgIpc) is 2.57. The van der Waals surface area contributed by atoms with Crippen molar-refractivity contribution in [1.29, 1.82) is 0 Å². The highest BCUT2D eigenvalue weighted by molar-refractivity contribution is 7.47. The van der Waals surface area contributed by atoms with Gasteiger partial charge < -0.3 is 20.1 Å². The molecule has 0 amide bonds. The smallest absolute Gasteiger partial charge is 0.462 e. The number of carbonyl (C=O) groups excluding carboxylic acids is 2. The Morgan fingerprint density at radius 1 is 0.299 bits per heavy atom. The molecular formula is C87H170NO8P. The zero-order valence-corrected chi connectivity index (χ0v) is 66.3. The van der Waals surface area contributed by atoms with Crippen molar-refractivity contribution in [2.45, 2.75) is 495 Å². The Kier molecular flexibility index (Phi) is 82.1. The Morgan fingerprint density at radius 3 is 0.732 bits per heavy atom. The molecule has 0 aromatic heterocycles. The van der Waals surface area contributed by atoms with Crippen LogP contribution in [0.4, 0.5) is 0 Å². The SMILES string of the molecule is CCCCCCCCCC/C=C\CCCCCCCCCCCCCCCCCCCCCCCCCCCCCCCC(=O)OC(COC(=O)CCCCCCCCCCCCCCCCCCCCCCCCC/C=C\CCCCCCCCCC)COP(=O)(O)OCCN. The van der Waals surface area contributed by atoms with Crippen LogP contribution in [0.2, 0.25) is 0 Å². The summed E-state index contributed by atoms with van der Waals surface area (Å²) in [6.07, 6.45) is 107. The number of esters is 2. The normalized spacial score (nSPS) is 12.8. The van der Waals surface area contributed by atoms with Gasteiger partial charge in [-0.25, -0.2) is 4.57 Å². The van der Waals surface area contributed by atoms with Crippen molar-refractivity contribution in [3.8, 4) is 0 Å². The lowest BCUT2D eigenvalue weighted by atomic mass is 10.0. The largest absolute Gasteiger partial charge is 0.472 e. The molecule has 3 N–H and O–H groups in total. The monoisotopic (exact) mass is 1390 g/mol. The lowest BCUT2D eigenvalue weighted by molar-refractivity contribution is -0.161. The fraction of sp³-hybridized carbons (Fsp3) is 0.931. The van der Waals surface area contributed by atoms with E-state index in [-0.39, 0.29) is 38.6 Å². The number of allylic oxidation sites excluding steroid dienone is 4. The summed E-state index contributed by atoms with van der Waals surface area (Å²) in [6.45, 7) is 3.84. The Morgan fingerprint density at radius 2 is 0.505 bits per heavy atom. The molecule has 10 heteroatoms. The fourth-order valence-electron chi connectivity index (χ4n) is 13.8. The lowest BCUT2D eigenvalue weighted by Gasteiger charge is -2.19. The number of rotatable bonds is 85. The molecule has 0 aliphatic carbocycles. The van der Waals surface area contributed by atoms with E-state index < -0.39 is 26.5 Å². The number of hydrogen-bond acceptors (Lipinski definition) is 8. The van der Waals surface area contributed by atoms with E-state index in [0.717, 1.165) is 32.1 Å². The number of nitrogens with two attached hydrogens (primary N) is 1. The first kappa shape index (κ1) is 95.5. The first-order chi connectivity index (χ1) is 47.8. The second-order valence-corrected chi connectivity index (χ2v) is 31.6. The van der Waals surface area contributed by atoms with Crippen molar-refractivity contribution >= 4 is 19.8 Å². The van der Waals surface area contributed by atoms with Crippen molar-refractivity contribution in [2.24, 2.45) is 5.73 Å². The summed E-state index contributed by atoms with van der Waals surface area (Å²) in [4.78, 5) is 35.5. The highest BCUT2D eigenvalue weighted by Gasteiger charge is 2.26. The number of ether oxygens (including phenoxy) is 2. The molecule has 0 bridgehead atoms. The van der Waals surface area contributed by atoms with Gasteiger partial charge in [-0.15, -0.1) is 0 Å². The van der Waals surface area contributed by atoms with E-state index in [4.69, 9.17) is 24.3 Å². The Bertz CT molecular complexity index is 1640. The van der Waals surface area contributed by atoms with Crippen molar-refractivity contribution in [3.63, 3.8) is 0 Å².